The SMILES string of the molecule is CS(=O)(=O)c1cccc(Oc2ccc(C(=O)O)nc2)c1. The second-order valence-corrected chi connectivity index (χ2v) is 6.05. The predicted octanol–water partition coefficient (Wildman–Crippen LogP) is 1.98. The van der Waals surface area contributed by atoms with Crippen LogP contribution in [0.15, 0.2) is 47.5 Å². The molecular formula is C13H11NO5S. The number of rotatable bonds is 4. The topological polar surface area (TPSA) is 93.6 Å². The Morgan fingerprint density at radius 1 is 1.20 bits per heavy atom. The third-order valence-corrected chi connectivity index (χ3v) is 3.54. The van der Waals surface area contributed by atoms with Gasteiger partial charge in [-0.15, -0.1) is 0 Å². The average molecular weight is 293 g/mol. The lowest BCUT2D eigenvalue weighted by Gasteiger charge is -2.06. The van der Waals surface area contributed by atoms with Crippen LogP contribution in [-0.4, -0.2) is 30.7 Å². The van der Waals surface area contributed by atoms with Crippen LogP contribution < -0.4 is 4.74 Å². The number of pyridine rings is 1. The van der Waals surface area contributed by atoms with Crippen molar-refractivity contribution in [3.8, 4) is 11.5 Å². The second kappa shape index (κ2) is 5.30. The number of sulfone groups is 1. The molecule has 0 fully saturated rings. The van der Waals surface area contributed by atoms with E-state index >= 15 is 0 Å². The molecule has 7 heteroatoms. The molecule has 0 radical (unpaired) electrons. The summed E-state index contributed by atoms with van der Waals surface area (Å²) >= 11 is 0. The minimum Gasteiger partial charge on any atom is -0.477 e. The first kappa shape index (κ1) is 14.0. The van der Waals surface area contributed by atoms with E-state index in [4.69, 9.17) is 9.84 Å². The number of aromatic nitrogens is 1. The normalized spacial score (nSPS) is 11.1. The zero-order chi connectivity index (χ0) is 14.8. The quantitative estimate of drug-likeness (QED) is 0.926. The Bertz CT molecular complexity index is 738. The molecule has 0 aliphatic rings. The number of nitrogens with zero attached hydrogens (tertiary/aromatic N) is 1. The Morgan fingerprint density at radius 3 is 2.50 bits per heavy atom. The lowest BCUT2D eigenvalue weighted by molar-refractivity contribution is 0.0690. The van der Waals surface area contributed by atoms with Crippen molar-refractivity contribution in [3.63, 3.8) is 0 Å². The molecule has 0 amide bonds. The van der Waals surface area contributed by atoms with Gasteiger partial charge in [0.25, 0.3) is 0 Å². The largest absolute Gasteiger partial charge is 0.477 e. The number of aromatic carboxylic acids is 1. The highest BCUT2D eigenvalue weighted by Crippen LogP contribution is 2.23. The van der Waals surface area contributed by atoms with Crippen molar-refractivity contribution < 1.29 is 23.1 Å². The van der Waals surface area contributed by atoms with Gasteiger partial charge in [-0.1, -0.05) is 6.07 Å². The van der Waals surface area contributed by atoms with Crippen LogP contribution in [0, 0.1) is 0 Å². The fraction of sp³-hybridized carbons (Fsp3) is 0.0769. The van der Waals surface area contributed by atoms with Crippen molar-refractivity contribution in [1.82, 2.24) is 4.98 Å². The minimum atomic E-state index is -3.31. The maximum atomic E-state index is 11.4. The van der Waals surface area contributed by atoms with Gasteiger partial charge in [-0.3, -0.25) is 0 Å². The first-order valence-electron chi connectivity index (χ1n) is 5.53. The van der Waals surface area contributed by atoms with Crippen LogP contribution in [0.4, 0.5) is 0 Å². The zero-order valence-corrected chi connectivity index (χ0v) is 11.3. The van der Waals surface area contributed by atoms with Crippen LogP contribution in [0.2, 0.25) is 0 Å². The lowest BCUT2D eigenvalue weighted by Crippen LogP contribution is -1.99. The second-order valence-electron chi connectivity index (χ2n) is 4.03. The van der Waals surface area contributed by atoms with Crippen LogP contribution in [0.25, 0.3) is 0 Å². The van der Waals surface area contributed by atoms with Crippen molar-refractivity contribution in [2.75, 3.05) is 6.26 Å². The first-order chi connectivity index (χ1) is 9.36. The van der Waals surface area contributed by atoms with Crippen molar-refractivity contribution in [3.05, 3.63) is 48.3 Å². The molecule has 1 heterocycles. The Hall–Kier alpha value is -2.41. The molecule has 1 aromatic carbocycles. The third kappa shape index (κ3) is 3.33. The number of hydrogen-bond donors (Lipinski definition) is 1. The Kier molecular flexibility index (Phi) is 3.71. The number of carboxylic acids is 1. The standard InChI is InChI=1S/C13H11NO5S/c1-20(17,18)11-4-2-3-9(7-11)19-10-5-6-12(13(15)16)14-8-10/h2-8H,1H3,(H,15,16). The maximum Gasteiger partial charge on any atom is 0.354 e. The molecular weight excluding hydrogens is 282 g/mol. The highest BCUT2D eigenvalue weighted by molar-refractivity contribution is 7.90. The molecule has 2 rings (SSSR count). The van der Waals surface area contributed by atoms with Crippen molar-refractivity contribution in [1.29, 1.82) is 0 Å². The fourth-order valence-corrected chi connectivity index (χ4v) is 2.13. The predicted molar refractivity (Wildman–Crippen MR) is 70.8 cm³/mol. The van der Waals surface area contributed by atoms with E-state index in [9.17, 15) is 13.2 Å². The molecule has 2 aromatic rings. The maximum absolute atomic E-state index is 11.4. The van der Waals surface area contributed by atoms with Crippen LogP contribution in [0.3, 0.4) is 0 Å². The molecule has 1 N–H and O–H groups in total. The summed E-state index contributed by atoms with van der Waals surface area (Å²) in [4.78, 5) is 14.5. The van der Waals surface area contributed by atoms with Crippen molar-refractivity contribution in [2.24, 2.45) is 0 Å². The minimum absolute atomic E-state index is 0.0952. The Morgan fingerprint density at radius 2 is 1.95 bits per heavy atom. The van der Waals surface area contributed by atoms with Crippen LogP contribution >= 0.6 is 0 Å². The number of ether oxygens (including phenoxy) is 1. The van der Waals surface area contributed by atoms with Gasteiger partial charge < -0.3 is 9.84 Å². The Labute approximate surface area is 115 Å². The molecule has 0 bridgehead atoms. The summed E-state index contributed by atoms with van der Waals surface area (Å²) in [6.07, 6.45) is 2.37. The molecule has 0 unspecified atom stereocenters. The van der Waals surface area contributed by atoms with Crippen molar-refractivity contribution >= 4 is 15.8 Å². The van der Waals surface area contributed by atoms with Crippen molar-refractivity contribution in [2.45, 2.75) is 4.90 Å². The van der Waals surface area contributed by atoms with Gasteiger partial charge in [-0.05, 0) is 30.3 Å². The highest BCUT2D eigenvalue weighted by Gasteiger charge is 2.09. The van der Waals surface area contributed by atoms with Crippen LogP contribution in [-0.2, 0) is 9.84 Å². The van der Waals surface area contributed by atoms with Gasteiger partial charge in [-0.2, -0.15) is 0 Å². The number of carboxylic acid groups (broad SMARTS) is 1. The summed E-state index contributed by atoms with van der Waals surface area (Å²) in [5.41, 5.74) is -0.0952. The van der Waals surface area contributed by atoms with Crippen LogP contribution in [0.1, 0.15) is 10.5 Å². The van der Waals surface area contributed by atoms with E-state index < -0.39 is 15.8 Å². The molecule has 20 heavy (non-hydrogen) atoms. The molecule has 104 valence electrons. The number of benzene rings is 1. The van der Waals surface area contributed by atoms with Gasteiger partial charge >= 0.3 is 5.97 Å². The molecule has 0 atom stereocenters. The van der Waals surface area contributed by atoms with E-state index in [2.05, 4.69) is 4.98 Å². The van der Waals surface area contributed by atoms with E-state index in [-0.39, 0.29) is 10.6 Å². The lowest BCUT2D eigenvalue weighted by atomic mass is 10.3. The van der Waals surface area contributed by atoms with E-state index in [1.807, 2.05) is 0 Å². The first-order valence-corrected chi connectivity index (χ1v) is 7.43. The molecule has 0 aliphatic heterocycles. The van der Waals surface area contributed by atoms with E-state index in [1.165, 1.54) is 30.5 Å². The van der Waals surface area contributed by atoms with Gasteiger partial charge in [0, 0.05) is 6.26 Å². The summed E-state index contributed by atoms with van der Waals surface area (Å²) in [5, 5.41) is 8.72. The van der Waals surface area contributed by atoms with Gasteiger partial charge in [0.05, 0.1) is 11.1 Å². The third-order valence-electron chi connectivity index (χ3n) is 2.42. The number of hydrogen-bond acceptors (Lipinski definition) is 5. The van der Waals surface area contributed by atoms with E-state index in [1.54, 1.807) is 12.1 Å². The van der Waals surface area contributed by atoms with Gasteiger partial charge in [-0.25, -0.2) is 18.2 Å². The monoisotopic (exact) mass is 293 g/mol. The molecule has 6 nitrogen and oxygen atoms in total. The van der Waals surface area contributed by atoms with Gasteiger partial charge in [0.2, 0.25) is 0 Å². The molecule has 1 aromatic heterocycles. The molecule has 0 spiro atoms. The number of carbonyl (C=O) groups is 1. The Balaban J connectivity index is 2.24. The fourth-order valence-electron chi connectivity index (χ4n) is 1.47. The molecule has 0 saturated heterocycles. The van der Waals surface area contributed by atoms with Crippen LogP contribution in [0.5, 0.6) is 11.5 Å². The summed E-state index contributed by atoms with van der Waals surface area (Å²) in [6, 6.07) is 8.76. The van der Waals surface area contributed by atoms with E-state index in [0.29, 0.717) is 11.5 Å². The average Bonchev–Trinajstić information content (AvgIpc) is 2.38. The summed E-state index contributed by atoms with van der Waals surface area (Å²) in [5.74, 6) is -0.478. The summed E-state index contributed by atoms with van der Waals surface area (Å²) < 4.78 is 28.3. The summed E-state index contributed by atoms with van der Waals surface area (Å²) in [7, 11) is -3.31. The van der Waals surface area contributed by atoms with E-state index in [0.717, 1.165) is 6.26 Å². The van der Waals surface area contributed by atoms with Gasteiger partial charge in [0.15, 0.2) is 9.84 Å². The smallest absolute Gasteiger partial charge is 0.354 e. The molecule has 0 saturated carbocycles. The van der Waals surface area contributed by atoms with Gasteiger partial charge in [0.1, 0.15) is 17.2 Å². The molecule has 0 aliphatic carbocycles. The highest BCUT2D eigenvalue weighted by atomic mass is 32.2. The zero-order valence-electron chi connectivity index (χ0n) is 10.5. The summed E-state index contributed by atoms with van der Waals surface area (Å²) in [6.45, 7) is 0.